The van der Waals surface area contributed by atoms with Crippen LogP contribution in [0.2, 0.25) is 0 Å². The minimum absolute atomic E-state index is 0.0618. The number of benzene rings is 2. The first-order valence-electron chi connectivity index (χ1n) is 9.76. The zero-order valence-corrected chi connectivity index (χ0v) is 18.3. The highest BCUT2D eigenvalue weighted by Crippen LogP contribution is 2.22. The molecule has 2 aromatic carbocycles. The summed E-state index contributed by atoms with van der Waals surface area (Å²) in [6, 6.07) is 15.0. The molecular weight excluding hydrogens is 386 g/mol. The zero-order chi connectivity index (χ0) is 21.3. The van der Waals surface area contributed by atoms with E-state index >= 15 is 0 Å². The van der Waals surface area contributed by atoms with Gasteiger partial charge in [0, 0.05) is 13.1 Å². The Morgan fingerprint density at radius 3 is 1.72 bits per heavy atom. The topological polar surface area (TPSA) is 55.8 Å². The Hall–Kier alpha value is -2.31. The quantitative estimate of drug-likeness (QED) is 0.472. The SMILES string of the molecule is C=CC[C@@H](CC)CS(=O)(=O)N(Cc1ccc(OC)cc1)Cc1ccc(OC)cc1. The Morgan fingerprint density at radius 1 is 0.931 bits per heavy atom. The van der Waals surface area contributed by atoms with E-state index in [-0.39, 0.29) is 11.7 Å². The summed E-state index contributed by atoms with van der Waals surface area (Å²) in [6.07, 6.45) is 3.28. The van der Waals surface area contributed by atoms with E-state index in [1.165, 1.54) is 0 Å². The molecule has 0 spiro atoms. The molecule has 5 nitrogen and oxygen atoms in total. The predicted molar refractivity (Wildman–Crippen MR) is 118 cm³/mol. The number of sulfonamides is 1. The minimum Gasteiger partial charge on any atom is -0.497 e. The van der Waals surface area contributed by atoms with Gasteiger partial charge in [-0.05, 0) is 47.7 Å². The lowest BCUT2D eigenvalue weighted by atomic mass is 10.1. The minimum atomic E-state index is -3.46. The molecule has 0 aliphatic carbocycles. The van der Waals surface area contributed by atoms with E-state index in [9.17, 15) is 8.42 Å². The predicted octanol–water partition coefficient (Wildman–Crippen LogP) is 4.64. The molecule has 0 heterocycles. The second-order valence-electron chi connectivity index (χ2n) is 7.04. The molecule has 0 N–H and O–H groups in total. The Kier molecular flexibility index (Phi) is 8.73. The van der Waals surface area contributed by atoms with Crippen LogP contribution in [0.5, 0.6) is 11.5 Å². The molecule has 0 aliphatic rings. The summed E-state index contributed by atoms with van der Waals surface area (Å²) in [5.74, 6) is 1.67. The van der Waals surface area contributed by atoms with E-state index in [4.69, 9.17) is 9.47 Å². The lowest BCUT2D eigenvalue weighted by molar-refractivity contribution is 0.390. The number of methoxy groups -OCH3 is 2. The first kappa shape index (κ1) is 23.0. The van der Waals surface area contributed by atoms with Gasteiger partial charge in [-0.15, -0.1) is 6.58 Å². The molecule has 0 aliphatic heterocycles. The molecule has 0 unspecified atom stereocenters. The second kappa shape index (κ2) is 11.0. The van der Waals surface area contributed by atoms with Crippen molar-refractivity contribution >= 4 is 10.0 Å². The van der Waals surface area contributed by atoms with Gasteiger partial charge < -0.3 is 9.47 Å². The van der Waals surface area contributed by atoms with Crippen LogP contribution in [0.3, 0.4) is 0 Å². The standard InChI is InChI=1S/C23H31NO4S/c1-5-7-19(6-2)18-29(25,26)24(16-20-8-12-22(27-3)13-9-20)17-21-10-14-23(28-4)15-11-21/h5,8-15,19H,1,6-7,16-18H2,2-4H3/t19-/m1/s1. The van der Waals surface area contributed by atoms with E-state index in [0.717, 1.165) is 29.0 Å². The number of nitrogens with zero attached hydrogens (tertiary/aromatic N) is 1. The van der Waals surface area contributed by atoms with Crippen LogP contribution in [0.25, 0.3) is 0 Å². The molecule has 158 valence electrons. The molecule has 0 radical (unpaired) electrons. The molecule has 2 rings (SSSR count). The molecule has 2 aromatic rings. The lowest BCUT2D eigenvalue weighted by Gasteiger charge is -2.25. The molecule has 6 heteroatoms. The monoisotopic (exact) mass is 417 g/mol. The number of ether oxygens (including phenoxy) is 2. The molecular formula is C23H31NO4S. The second-order valence-corrected chi connectivity index (χ2v) is 9.05. The third kappa shape index (κ3) is 6.91. The summed E-state index contributed by atoms with van der Waals surface area (Å²) in [5.41, 5.74) is 1.83. The van der Waals surface area contributed by atoms with Crippen molar-refractivity contribution in [1.82, 2.24) is 4.31 Å². The van der Waals surface area contributed by atoms with Gasteiger partial charge in [-0.25, -0.2) is 8.42 Å². The van der Waals surface area contributed by atoms with Crippen molar-refractivity contribution in [3.63, 3.8) is 0 Å². The van der Waals surface area contributed by atoms with Gasteiger partial charge in [0.25, 0.3) is 0 Å². The number of hydrogen-bond donors (Lipinski definition) is 0. The Balaban J connectivity index is 2.27. The fourth-order valence-electron chi connectivity index (χ4n) is 3.11. The van der Waals surface area contributed by atoms with Gasteiger partial charge in [0.1, 0.15) is 11.5 Å². The van der Waals surface area contributed by atoms with Crippen LogP contribution in [0.1, 0.15) is 30.9 Å². The maximum atomic E-state index is 13.3. The van der Waals surface area contributed by atoms with Crippen molar-refractivity contribution in [3.8, 4) is 11.5 Å². The third-order valence-electron chi connectivity index (χ3n) is 4.95. The van der Waals surface area contributed by atoms with Crippen LogP contribution >= 0.6 is 0 Å². The Bertz CT molecular complexity index is 811. The highest BCUT2D eigenvalue weighted by Gasteiger charge is 2.26. The number of allylic oxidation sites excluding steroid dienone is 1. The highest BCUT2D eigenvalue weighted by molar-refractivity contribution is 7.89. The first-order chi connectivity index (χ1) is 13.9. The first-order valence-corrected chi connectivity index (χ1v) is 11.4. The summed E-state index contributed by atoms with van der Waals surface area (Å²) in [5, 5.41) is 0. The Labute approximate surface area is 175 Å². The average Bonchev–Trinajstić information content (AvgIpc) is 2.73. The fraction of sp³-hybridized carbons (Fsp3) is 0.391. The van der Waals surface area contributed by atoms with Gasteiger partial charge >= 0.3 is 0 Å². The van der Waals surface area contributed by atoms with Gasteiger partial charge in [-0.3, -0.25) is 0 Å². The third-order valence-corrected chi connectivity index (χ3v) is 6.89. The Morgan fingerprint density at radius 2 is 1.38 bits per heavy atom. The average molecular weight is 418 g/mol. The van der Waals surface area contributed by atoms with Crippen molar-refractivity contribution in [2.45, 2.75) is 32.9 Å². The molecule has 29 heavy (non-hydrogen) atoms. The van der Waals surface area contributed by atoms with Crippen LogP contribution in [0.15, 0.2) is 61.2 Å². The van der Waals surface area contributed by atoms with Gasteiger partial charge in [0.05, 0.1) is 20.0 Å². The van der Waals surface area contributed by atoms with Crippen LogP contribution in [0, 0.1) is 5.92 Å². The summed E-state index contributed by atoms with van der Waals surface area (Å²) in [6.45, 7) is 6.39. The van der Waals surface area contributed by atoms with Crippen molar-refractivity contribution in [1.29, 1.82) is 0 Å². The van der Waals surface area contributed by atoms with Crippen LogP contribution in [0.4, 0.5) is 0 Å². The normalized spacial score (nSPS) is 12.6. The van der Waals surface area contributed by atoms with Crippen molar-refractivity contribution in [2.24, 2.45) is 5.92 Å². The largest absolute Gasteiger partial charge is 0.497 e. The fourth-order valence-corrected chi connectivity index (χ4v) is 4.98. The molecule has 1 atom stereocenters. The van der Waals surface area contributed by atoms with E-state index in [0.29, 0.717) is 19.5 Å². The highest BCUT2D eigenvalue weighted by atomic mass is 32.2. The van der Waals surface area contributed by atoms with Crippen molar-refractivity contribution in [2.75, 3.05) is 20.0 Å². The smallest absolute Gasteiger partial charge is 0.214 e. The van der Waals surface area contributed by atoms with Crippen LogP contribution in [-0.4, -0.2) is 32.7 Å². The lowest BCUT2D eigenvalue weighted by Crippen LogP contribution is -2.34. The van der Waals surface area contributed by atoms with Gasteiger partial charge in [-0.2, -0.15) is 4.31 Å². The zero-order valence-electron chi connectivity index (χ0n) is 17.5. The molecule has 0 bridgehead atoms. The van der Waals surface area contributed by atoms with Crippen molar-refractivity contribution in [3.05, 3.63) is 72.3 Å². The molecule has 0 amide bonds. The van der Waals surface area contributed by atoms with E-state index in [1.807, 2.05) is 55.5 Å². The molecule has 0 saturated heterocycles. The van der Waals surface area contributed by atoms with E-state index in [1.54, 1.807) is 24.6 Å². The van der Waals surface area contributed by atoms with Crippen LogP contribution < -0.4 is 9.47 Å². The maximum Gasteiger partial charge on any atom is 0.214 e. The van der Waals surface area contributed by atoms with E-state index < -0.39 is 10.0 Å². The summed E-state index contributed by atoms with van der Waals surface area (Å²) < 4.78 is 38.5. The van der Waals surface area contributed by atoms with Gasteiger partial charge in [-0.1, -0.05) is 43.7 Å². The summed E-state index contributed by atoms with van der Waals surface area (Å²) >= 11 is 0. The molecule has 0 saturated carbocycles. The number of rotatable bonds is 12. The molecule has 0 aromatic heterocycles. The van der Waals surface area contributed by atoms with E-state index in [2.05, 4.69) is 6.58 Å². The van der Waals surface area contributed by atoms with Gasteiger partial charge in [0.15, 0.2) is 0 Å². The number of hydrogen-bond acceptors (Lipinski definition) is 4. The summed E-state index contributed by atoms with van der Waals surface area (Å²) in [7, 11) is -0.238. The summed E-state index contributed by atoms with van der Waals surface area (Å²) in [4.78, 5) is 0. The van der Waals surface area contributed by atoms with Crippen molar-refractivity contribution < 1.29 is 17.9 Å². The van der Waals surface area contributed by atoms with Gasteiger partial charge in [0.2, 0.25) is 10.0 Å². The maximum absolute atomic E-state index is 13.3. The van der Waals surface area contributed by atoms with Crippen LogP contribution in [-0.2, 0) is 23.1 Å². The molecule has 0 fully saturated rings.